The molecule has 82 valence electrons. The number of carbonyl (C=O) groups excluding carboxylic acids is 1. The molecule has 1 saturated heterocycles. The van der Waals surface area contributed by atoms with Crippen molar-refractivity contribution < 1.29 is 4.79 Å². The lowest BCUT2D eigenvalue weighted by molar-refractivity contribution is -0.128. The molecule has 3 atom stereocenters. The molecule has 0 bridgehead atoms. The normalized spacial score (nSPS) is 34.9. The predicted molar refractivity (Wildman–Crippen MR) is 58.9 cm³/mol. The number of hydrogen-bond donors (Lipinski definition) is 1. The van der Waals surface area contributed by atoms with E-state index in [-0.39, 0.29) is 17.2 Å². The van der Waals surface area contributed by atoms with Gasteiger partial charge in [-0.2, -0.15) is 0 Å². The Morgan fingerprint density at radius 2 is 1.79 bits per heavy atom. The third-order valence-electron chi connectivity index (χ3n) is 3.14. The number of hydrogen-bond acceptors (Lipinski definition) is 1. The molecule has 0 radical (unpaired) electrons. The summed E-state index contributed by atoms with van der Waals surface area (Å²) >= 11 is 0. The molecule has 2 nitrogen and oxygen atoms in total. The molecule has 0 aromatic carbocycles. The minimum atomic E-state index is 0.0857. The van der Waals surface area contributed by atoms with Crippen molar-refractivity contribution in [2.24, 2.45) is 17.3 Å². The molecule has 3 unspecified atom stereocenters. The number of nitrogens with one attached hydrogen (secondary N) is 1. The zero-order valence-electron chi connectivity index (χ0n) is 10.1. The van der Waals surface area contributed by atoms with Crippen LogP contribution in [0.2, 0.25) is 0 Å². The van der Waals surface area contributed by atoms with Crippen LogP contribution in [0.4, 0.5) is 0 Å². The second kappa shape index (κ2) is 3.92. The van der Waals surface area contributed by atoms with Crippen LogP contribution < -0.4 is 5.32 Å². The number of rotatable bonds is 0. The van der Waals surface area contributed by atoms with Gasteiger partial charge >= 0.3 is 0 Å². The van der Waals surface area contributed by atoms with E-state index < -0.39 is 0 Å². The average Bonchev–Trinajstić information content (AvgIpc) is 2.07. The Hall–Kier alpha value is -0.530. The first-order valence-corrected chi connectivity index (χ1v) is 5.61. The van der Waals surface area contributed by atoms with Crippen molar-refractivity contribution >= 4 is 5.91 Å². The Morgan fingerprint density at radius 3 is 2.29 bits per heavy atom. The molecule has 1 aliphatic heterocycles. The minimum absolute atomic E-state index is 0.0857. The summed E-state index contributed by atoms with van der Waals surface area (Å²) in [6.45, 7) is 10.8. The first kappa shape index (κ1) is 11.5. The van der Waals surface area contributed by atoms with Crippen molar-refractivity contribution in [2.45, 2.75) is 53.5 Å². The summed E-state index contributed by atoms with van der Waals surface area (Å²) in [5.41, 5.74) is 0.0857. The zero-order chi connectivity index (χ0) is 10.9. The van der Waals surface area contributed by atoms with Gasteiger partial charge in [0.15, 0.2) is 0 Å². The highest BCUT2D eigenvalue weighted by Gasteiger charge is 2.35. The maximum absolute atomic E-state index is 11.9. The highest BCUT2D eigenvalue weighted by Crippen LogP contribution is 2.34. The fourth-order valence-electron chi connectivity index (χ4n) is 2.36. The maximum atomic E-state index is 11.9. The van der Waals surface area contributed by atoms with E-state index in [0.717, 1.165) is 12.8 Å². The van der Waals surface area contributed by atoms with Crippen molar-refractivity contribution in [2.75, 3.05) is 0 Å². The smallest absolute Gasteiger partial charge is 0.223 e. The molecule has 0 aromatic rings. The largest absolute Gasteiger partial charge is 0.353 e. The fraction of sp³-hybridized carbons (Fsp3) is 0.917. The fourth-order valence-corrected chi connectivity index (χ4v) is 2.36. The molecule has 0 aliphatic carbocycles. The molecule has 1 aliphatic rings. The Bertz CT molecular complexity index is 217. The van der Waals surface area contributed by atoms with Gasteiger partial charge in [-0.05, 0) is 31.1 Å². The van der Waals surface area contributed by atoms with E-state index in [4.69, 9.17) is 0 Å². The molecule has 0 saturated carbocycles. The Labute approximate surface area is 87.5 Å². The Balaban J connectivity index is 2.79. The summed E-state index contributed by atoms with van der Waals surface area (Å²) in [6.07, 6.45) is 2.14. The molecule has 1 heterocycles. The molecule has 1 rings (SSSR count). The van der Waals surface area contributed by atoms with Crippen LogP contribution in [0, 0.1) is 17.3 Å². The van der Waals surface area contributed by atoms with Gasteiger partial charge in [-0.1, -0.05) is 27.7 Å². The molecule has 0 aromatic heterocycles. The molecular formula is C12H23NO. The maximum Gasteiger partial charge on any atom is 0.223 e. The molecule has 2 heteroatoms. The summed E-state index contributed by atoms with van der Waals surface area (Å²) < 4.78 is 0. The molecule has 14 heavy (non-hydrogen) atoms. The van der Waals surface area contributed by atoms with Gasteiger partial charge in [0.2, 0.25) is 5.91 Å². The summed E-state index contributed by atoms with van der Waals surface area (Å²) in [6, 6.07) is 0.338. The monoisotopic (exact) mass is 197 g/mol. The second-order valence-corrected chi connectivity index (χ2v) is 5.90. The van der Waals surface area contributed by atoms with Crippen LogP contribution in [0.25, 0.3) is 0 Å². The van der Waals surface area contributed by atoms with E-state index in [1.165, 1.54) is 0 Å². The number of amides is 1. The van der Waals surface area contributed by atoms with E-state index in [2.05, 4.69) is 39.9 Å². The lowest BCUT2D eigenvalue weighted by Crippen LogP contribution is -2.39. The summed E-state index contributed by atoms with van der Waals surface area (Å²) in [4.78, 5) is 11.9. The van der Waals surface area contributed by atoms with Gasteiger partial charge in [-0.3, -0.25) is 4.79 Å². The Morgan fingerprint density at radius 1 is 1.21 bits per heavy atom. The van der Waals surface area contributed by atoms with Crippen LogP contribution in [0.3, 0.4) is 0 Å². The molecule has 0 spiro atoms. The zero-order valence-corrected chi connectivity index (χ0v) is 10.1. The lowest BCUT2D eigenvalue weighted by atomic mass is 9.76. The van der Waals surface area contributed by atoms with E-state index in [0.29, 0.717) is 12.0 Å². The van der Waals surface area contributed by atoms with E-state index in [1.54, 1.807) is 0 Å². The summed E-state index contributed by atoms with van der Waals surface area (Å²) in [5.74, 6) is 1.06. The molecule has 1 N–H and O–H groups in total. The van der Waals surface area contributed by atoms with Crippen molar-refractivity contribution in [3.8, 4) is 0 Å². The van der Waals surface area contributed by atoms with Crippen molar-refractivity contribution in [1.29, 1.82) is 0 Å². The van der Waals surface area contributed by atoms with E-state index in [9.17, 15) is 4.79 Å². The highest BCUT2D eigenvalue weighted by molar-refractivity contribution is 5.79. The van der Waals surface area contributed by atoms with Gasteiger partial charge in [0.25, 0.3) is 0 Å². The topological polar surface area (TPSA) is 29.1 Å². The van der Waals surface area contributed by atoms with Crippen molar-refractivity contribution in [3.05, 3.63) is 0 Å². The Kier molecular flexibility index (Phi) is 3.23. The first-order valence-electron chi connectivity index (χ1n) is 5.61. The van der Waals surface area contributed by atoms with Gasteiger partial charge in [0, 0.05) is 12.0 Å². The van der Waals surface area contributed by atoms with Gasteiger partial charge in [0.05, 0.1) is 0 Å². The van der Waals surface area contributed by atoms with Crippen LogP contribution in [0.15, 0.2) is 0 Å². The summed E-state index contributed by atoms with van der Waals surface area (Å²) in [5, 5.41) is 3.09. The lowest BCUT2D eigenvalue weighted by Gasteiger charge is -2.29. The second-order valence-electron chi connectivity index (χ2n) is 5.90. The quantitative estimate of drug-likeness (QED) is 0.635. The van der Waals surface area contributed by atoms with Crippen LogP contribution in [-0.2, 0) is 4.79 Å². The van der Waals surface area contributed by atoms with Crippen LogP contribution in [0.5, 0.6) is 0 Å². The minimum Gasteiger partial charge on any atom is -0.353 e. The van der Waals surface area contributed by atoms with Gasteiger partial charge < -0.3 is 5.32 Å². The van der Waals surface area contributed by atoms with Crippen molar-refractivity contribution in [1.82, 2.24) is 5.32 Å². The van der Waals surface area contributed by atoms with Gasteiger partial charge in [0.1, 0.15) is 0 Å². The third-order valence-corrected chi connectivity index (χ3v) is 3.14. The van der Waals surface area contributed by atoms with Crippen LogP contribution in [-0.4, -0.2) is 11.9 Å². The SMILES string of the molecule is CC1CC(C)NC(=O)C(C(C)(C)C)C1. The standard InChI is InChI=1S/C12H23NO/c1-8-6-9(2)13-11(14)10(7-8)12(3,4)5/h8-10H,6-7H2,1-5H3,(H,13,14). The van der Waals surface area contributed by atoms with E-state index in [1.807, 2.05) is 0 Å². The van der Waals surface area contributed by atoms with E-state index >= 15 is 0 Å². The summed E-state index contributed by atoms with van der Waals surface area (Å²) in [7, 11) is 0. The van der Waals surface area contributed by atoms with Gasteiger partial charge in [-0.15, -0.1) is 0 Å². The highest BCUT2D eigenvalue weighted by atomic mass is 16.2. The third kappa shape index (κ3) is 2.73. The predicted octanol–water partition coefficient (Wildman–Crippen LogP) is 2.58. The van der Waals surface area contributed by atoms with Gasteiger partial charge in [-0.25, -0.2) is 0 Å². The van der Waals surface area contributed by atoms with Crippen molar-refractivity contribution in [3.63, 3.8) is 0 Å². The molecular weight excluding hydrogens is 174 g/mol. The average molecular weight is 197 g/mol. The molecule has 1 amide bonds. The first-order chi connectivity index (χ1) is 6.30. The van der Waals surface area contributed by atoms with Crippen LogP contribution in [0.1, 0.15) is 47.5 Å². The molecule has 1 fully saturated rings. The number of carbonyl (C=O) groups is 1. The van der Waals surface area contributed by atoms with Crippen LogP contribution >= 0.6 is 0 Å².